The summed E-state index contributed by atoms with van der Waals surface area (Å²) in [6, 6.07) is 11.9. The fourth-order valence-corrected chi connectivity index (χ4v) is 2.08. The third-order valence-corrected chi connectivity index (χ3v) is 3.14. The van der Waals surface area contributed by atoms with Crippen molar-refractivity contribution in [1.29, 1.82) is 0 Å². The molecule has 0 aliphatic heterocycles. The molecule has 0 saturated carbocycles. The molecular formula is C16H18N2O2. The summed E-state index contributed by atoms with van der Waals surface area (Å²) in [4.78, 5) is 12.1. The number of nitrogens with two attached hydrogens (primary N) is 1. The fraction of sp³-hybridized carbons (Fsp3) is 0.188. The number of carbonyl (C=O) groups excluding carboxylic acids is 1. The topological polar surface area (TPSA) is 75.3 Å². The maximum absolute atomic E-state index is 12.1. The van der Waals surface area contributed by atoms with Gasteiger partial charge in [0.1, 0.15) is 11.8 Å². The van der Waals surface area contributed by atoms with E-state index < -0.39 is 6.04 Å². The normalized spacial score (nSPS) is 11.9. The Morgan fingerprint density at radius 1 is 1.20 bits per heavy atom. The first kappa shape index (κ1) is 14.1. The fourth-order valence-electron chi connectivity index (χ4n) is 2.08. The van der Waals surface area contributed by atoms with Crippen molar-refractivity contribution < 1.29 is 9.90 Å². The van der Waals surface area contributed by atoms with Crippen molar-refractivity contribution in [1.82, 2.24) is 0 Å². The van der Waals surface area contributed by atoms with E-state index >= 15 is 0 Å². The Balaban J connectivity index is 2.20. The summed E-state index contributed by atoms with van der Waals surface area (Å²) in [7, 11) is 0. The molecule has 104 valence electrons. The van der Waals surface area contributed by atoms with Crippen LogP contribution in [0.3, 0.4) is 0 Å². The van der Waals surface area contributed by atoms with Crippen LogP contribution < -0.4 is 11.1 Å². The van der Waals surface area contributed by atoms with Gasteiger partial charge in [-0.15, -0.1) is 0 Å². The number of nitrogens with one attached hydrogen (secondary N) is 1. The highest BCUT2D eigenvalue weighted by atomic mass is 16.3. The number of phenolic OH excluding ortho intramolecular Hbond substituents is 1. The smallest absolute Gasteiger partial charge is 0.245 e. The molecule has 1 atom stereocenters. The monoisotopic (exact) mass is 270 g/mol. The SMILES string of the molecule is Cc1cc(C)c(O)c(NC(=O)[C@@H](N)c2ccccc2)c1. The summed E-state index contributed by atoms with van der Waals surface area (Å²) in [5.41, 5.74) is 8.72. The quantitative estimate of drug-likeness (QED) is 0.750. The summed E-state index contributed by atoms with van der Waals surface area (Å²) in [5, 5.41) is 12.6. The molecule has 0 unspecified atom stereocenters. The molecule has 0 fully saturated rings. The molecule has 0 aromatic heterocycles. The van der Waals surface area contributed by atoms with Crippen LogP contribution in [0.2, 0.25) is 0 Å². The lowest BCUT2D eigenvalue weighted by molar-refractivity contribution is -0.117. The van der Waals surface area contributed by atoms with Gasteiger partial charge in [0.05, 0.1) is 5.69 Å². The van der Waals surface area contributed by atoms with Crippen molar-refractivity contribution in [3.05, 3.63) is 59.2 Å². The van der Waals surface area contributed by atoms with E-state index in [9.17, 15) is 9.90 Å². The van der Waals surface area contributed by atoms with E-state index in [1.165, 1.54) is 0 Å². The summed E-state index contributed by atoms with van der Waals surface area (Å²) in [6.07, 6.45) is 0. The number of anilines is 1. The van der Waals surface area contributed by atoms with Gasteiger partial charge in [-0.25, -0.2) is 0 Å². The van der Waals surface area contributed by atoms with Crippen LogP contribution in [0.4, 0.5) is 5.69 Å². The number of hydrogen-bond donors (Lipinski definition) is 3. The minimum absolute atomic E-state index is 0.0733. The minimum atomic E-state index is -0.767. The largest absolute Gasteiger partial charge is 0.505 e. The molecule has 2 aromatic carbocycles. The van der Waals surface area contributed by atoms with E-state index in [1.54, 1.807) is 25.1 Å². The molecule has 0 radical (unpaired) electrons. The van der Waals surface area contributed by atoms with Crippen molar-refractivity contribution in [2.24, 2.45) is 5.73 Å². The van der Waals surface area contributed by atoms with Gasteiger partial charge in [-0.1, -0.05) is 36.4 Å². The van der Waals surface area contributed by atoms with Crippen LogP contribution in [-0.2, 0) is 4.79 Å². The molecule has 2 rings (SSSR count). The van der Waals surface area contributed by atoms with Crippen LogP contribution in [-0.4, -0.2) is 11.0 Å². The predicted molar refractivity (Wildman–Crippen MR) is 79.6 cm³/mol. The molecular weight excluding hydrogens is 252 g/mol. The predicted octanol–water partition coefficient (Wildman–Crippen LogP) is 2.65. The van der Waals surface area contributed by atoms with Crippen LogP contribution in [0.15, 0.2) is 42.5 Å². The zero-order valence-electron chi connectivity index (χ0n) is 11.6. The summed E-state index contributed by atoms with van der Waals surface area (Å²) >= 11 is 0. The number of hydrogen-bond acceptors (Lipinski definition) is 3. The van der Waals surface area contributed by atoms with E-state index in [1.807, 2.05) is 31.2 Å². The average molecular weight is 270 g/mol. The molecule has 1 amide bonds. The Kier molecular flexibility index (Phi) is 4.05. The van der Waals surface area contributed by atoms with Gasteiger partial charge < -0.3 is 16.2 Å². The number of aryl methyl sites for hydroxylation is 2. The second-order valence-electron chi connectivity index (χ2n) is 4.86. The first-order valence-corrected chi connectivity index (χ1v) is 6.40. The molecule has 0 spiro atoms. The van der Waals surface area contributed by atoms with Crippen LogP contribution in [0, 0.1) is 13.8 Å². The van der Waals surface area contributed by atoms with Crippen LogP contribution in [0.25, 0.3) is 0 Å². The first-order chi connectivity index (χ1) is 9.49. The highest BCUT2D eigenvalue weighted by Crippen LogP contribution is 2.29. The number of amides is 1. The standard InChI is InChI=1S/C16H18N2O2/c1-10-8-11(2)15(19)13(9-10)18-16(20)14(17)12-6-4-3-5-7-12/h3-9,14,19H,17H2,1-2H3,(H,18,20)/t14-/m0/s1. The Morgan fingerprint density at radius 2 is 1.85 bits per heavy atom. The van der Waals surface area contributed by atoms with Crippen molar-refractivity contribution in [3.8, 4) is 5.75 Å². The molecule has 0 bridgehead atoms. The lowest BCUT2D eigenvalue weighted by Crippen LogP contribution is -2.27. The zero-order valence-corrected chi connectivity index (χ0v) is 11.6. The van der Waals surface area contributed by atoms with Crippen LogP contribution in [0.5, 0.6) is 5.75 Å². The van der Waals surface area contributed by atoms with Crippen molar-refractivity contribution >= 4 is 11.6 Å². The Hall–Kier alpha value is -2.33. The maximum atomic E-state index is 12.1. The number of benzene rings is 2. The minimum Gasteiger partial charge on any atom is -0.505 e. The van der Waals surface area contributed by atoms with Gasteiger partial charge >= 0.3 is 0 Å². The van der Waals surface area contributed by atoms with E-state index in [0.717, 1.165) is 11.1 Å². The zero-order chi connectivity index (χ0) is 14.7. The molecule has 4 N–H and O–H groups in total. The molecule has 4 heteroatoms. The van der Waals surface area contributed by atoms with E-state index in [-0.39, 0.29) is 11.7 Å². The van der Waals surface area contributed by atoms with Gasteiger partial charge in [0.25, 0.3) is 0 Å². The number of aromatic hydroxyl groups is 1. The Labute approximate surface area is 118 Å². The van der Waals surface area contributed by atoms with Gasteiger partial charge in [0.2, 0.25) is 5.91 Å². The van der Waals surface area contributed by atoms with Crippen LogP contribution >= 0.6 is 0 Å². The van der Waals surface area contributed by atoms with E-state index in [4.69, 9.17) is 5.73 Å². The molecule has 4 nitrogen and oxygen atoms in total. The van der Waals surface area contributed by atoms with Gasteiger partial charge in [0, 0.05) is 0 Å². The second-order valence-corrected chi connectivity index (χ2v) is 4.86. The lowest BCUT2D eigenvalue weighted by Gasteiger charge is -2.15. The molecule has 20 heavy (non-hydrogen) atoms. The maximum Gasteiger partial charge on any atom is 0.245 e. The van der Waals surface area contributed by atoms with Crippen molar-refractivity contribution in [3.63, 3.8) is 0 Å². The third-order valence-electron chi connectivity index (χ3n) is 3.14. The molecule has 2 aromatic rings. The Morgan fingerprint density at radius 3 is 2.50 bits per heavy atom. The highest BCUT2D eigenvalue weighted by Gasteiger charge is 2.17. The van der Waals surface area contributed by atoms with Gasteiger partial charge in [-0.3, -0.25) is 4.79 Å². The lowest BCUT2D eigenvalue weighted by atomic mass is 10.1. The number of rotatable bonds is 3. The molecule has 0 heterocycles. The van der Waals surface area contributed by atoms with E-state index in [2.05, 4.69) is 5.32 Å². The number of carbonyl (C=O) groups is 1. The Bertz CT molecular complexity index is 624. The van der Waals surface area contributed by atoms with Crippen molar-refractivity contribution in [2.45, 2.75) is 19.9 Å². The summed E-state index contributed by atoms with van der Waals surface area (Å²) < 4.78 is 0. The molecule has 0 saturated heterocycles. The van der Waals surface area contributed by atoms with Crippen molar-refractivity contribution in [2.75, 3.05) is 5.32 Å². The third kappa shape index (κ3) is 2.97. The molecule has 0 aliphatic carbocycles. The summed E-state index contributed by atoms with van der Waals surface area (Å²) in [6.45, 7) is 3.69. The summed E-state index contributed by atoms with van der Waals surface area (Å²) in [5.74, 6) is -0.277. The second kappa shape index (κ2) is 5.75. The van der Waals surface area contributed by atoms with Gasteiger partial charge in [-0.05, 0) is 36.6 Å². The van der Waals surface area contributed by atoms with Gasteiger partial charge in [0.15, 0.2) is 0 Å². The first-order valence-electron chi connectivity index (χ1n) is 6.40. The highest BCUT2D eigenvalue weighted by molar-refractivity contribution is 5.96. The average Bonchev–Trinajstić information content (AvgIpc) is 2.44. The van der Waals surface area contributed by atoms with Crippen LogP contribution in [0.1, 0.15) is 22.7 Å². The van der Waals surface area contributed by atoms with E-state index in [0.29, 0.717) is 11.3 Å². The molecule has 0 aliphatic rings. The van der Waals surface area contributed by atoms with Gasteiger partial charge in [-0.2, -0.15) is 0 Å². The number of phenols is 1.